The smallest absolute Gasteiger partial charge is 0.273 e. The van der Waals surface area contributed by atoms with Crippen LogP contribution >= 0.6 is 11.3 Å². The number of aryl methyl sites for hydroxylation is 1. The largest absolute Gasteiger partial charge is 0.412 e. The standard InChI is InChI=1S/C16H23N3O2SSi/c1-10-13-12(7-17-18-14(13)20)19-8-11(22-15(10)19)9-21-23(5,6)16(2,3)4/h7-8H,9H2,1-6H3,(H,18,20). The summed E-state index contributed by atoms with van der Waals surface area (Å²) in [5, 5.41) is 7.36. The fourth-order valence-electron chi connectivity index (χ4n) is 2.41. The van der Waals surface area contributed by atoms with Gasteiger partial charge < -0.3 is 8.83 Å². The lowest BCUT2D eigenvalue weighted by molar-refractivity contribution is 0.279. The fraction of sp³-hybridized carbons (Fsp3) is 0.500. The Morgan fingerprint density at radius 1 is 1.39 bits per heavy atom. The zero-order valence-corrected chi connectivity index (χ0v) is 16.3. The molecular weight excluding hydrogens is 326 g/mol. The van der Waals surface area contributed by atoms with Crippen molar-refractivity contribution in [3.05, 3.63) is 33.2 Å². The van der Waals surface area contributed by atoms with Crippen LogP contribution in [0.1, 0.15) is 31.2 Å². The average molecular weight is 350 g/mol. The van der Waals surface area contributed by atoms with E-state index in [0.717, 1.165) is 21.3 Å². The highest BCUT2D eigenvalue weighted by atomic mass is 32.1. The number of nitrogens with zero attached hydrogens (tertiary/aromatic N) is 2. The minimum atomic E-state index is -1.76. The van der Waals surface area contributed by atoms with Crippen molar-refractivity contribution in [3.8, 4) is 0 Å². The van der Waals surface area contributed by atoms with E-state index in [2.05, 4.69) is 54.7 Å². The maximum Gasteiger partial charge on any atom is 0.273 e. The van der Waals surface area contributed by atoms with Gasteiger partial charge in [0.1, 0.15) is 4.83 Å². The van der Waals surface area contributed by atoms with Crippen molar-refractivity contribution in [2.45, 2.75) is 52.4 Å². The maximum absolute atomic E-state index is 12.0. The molecule has 3 heterocycles. The molecule has 3 rings (SSSR count). The Kier molecular flexibility index (Phi) is 3.77. The summed E-state index contributed by atoms with van der Waals surface area (Å²) < 4.78 is 8.36. The minimum Gasteiger partial charge on any atom is -0.412 e. The molecule has 23 heavy (non-hydrogen) atoms. The second-order valence-corrected chi connectivity index (χ2v) is 13.4. The molecule has 0 aliphatic carbocycles. The molecule has 7 heteroatoms. The lowest BCUT2D eigenvalue weighted by atomic mass is 10.2. The van der Waals surface area contributed by atoms with E-state index in [4.69, 9.17) is 4.43 Å². The van der Waals surface area contributed by atoms with Gasteiger partial charge in [-0.15, -0.1) is 11.3 Å². The summed E-state index contributed by atoms with van der Waals surface area (Å²) >= 11 is 1.69. The van der Waals surface area contributed by atoms with E-state index in [9.17, 15) is 4.79 Å². The highest BCUT2D eigenvalue weighted by molar-refractivity contribution is 7.17. The van der Waals surface area contributed by atoms with Gasteiger partial charge in [-0.05, 0) is 30.6 Å². The summed E-state index contributed by atoms with van der Waals surface area (Å²) in [5.41, 5.74) is 1.73. The molecule has 0 aromatic carbocycles. The van der Waals surface area contributed by atoms with Crippen LogP contribution in [0.2, 0.25) is 18.1 Å². The predicted octanol–water partition coefficient (Wildman–Crippen LogP) is 4.07. The van der Waals surface area contributed by atoms with Gasteiger partial charge in [0.15, 0.2) is 8.32 Å². The highest BCUT2D eigenvalue weighted by Gasteiger charge is 2.37. The molecule has 0 fully saturated rings. The molecule has 3 aromatic rings. The number of aromatic amines is 1. The lowest BCUT2D eigenvalue weighted by Gasteiger charge is -2.35. The molecule has 124 valence electrons. The predicted molar refractivity (Wildman–Crippen MR) is 97.9 cm³/mol. The molecule has 0 atom stereocenters. The number of hydrogen-bond acceptors (Lipinski definition) is 4. The second-order valence-electron chi connectivity index (χ2n) is 7.51. The SMILES string of the molecule is Cc1c2c(=O)[nH]ncc2n2cc(CO[Si](C)(C)C(C)(C)C)sc12. The van der Waals surface area contributed by atoms with E-state index in [-0.39, 0.29) is 10.6 Å². The molecule has 0 saturated heterocycles. The first-order valence-corrected chi connectivity index (χ1v) is 11.4. The van der Waals surface area contributed by atoms with Gasteiger partial charge in [0.25, 0.3) is 5.56 Å². The van der Waals surface area contributed by atoms with Gasteiger partial charge in [0.2, 0.25) is 0 Å². The van der Waals surface area contributed by atoms with Crippen LogP contribution < -0.4 is 5.56 Å². The van der Waals surface area contributed by atoms with Crippen LogP contribution in [0, 0.1) is 6.92 Å². The van der Waals surface area contributed by atoms with Gasteiger partial charge in [-0.3, -0.25) is 4.79 Å². The number of H-pyrrole nitrogens is 1. The Balaban J connectivity index is 1.98. The number of aromatic nitrogens is 3. The summed E-state index contributed by atoms with van der Waals surface area (Å²) in [5.74, 6) is 0. The van der Waals surface area contributed by atoms with Gasteiger partial charge in [0, 0.05) is 11.1 Å². The summed E-state index contributed by atoms with van der Waals surface area (Å²) in [6, 6.07) is 0. The van der Waals surface area contributed by atoms with Gasteiger partial charge in [-0.2, -0.15) is 5.10 Å². The van der Waals surface area contributed by atoms with Crippen molar-refractivity contribution >= 4 is 35.4 Å². The van der Waals surface area contributed by atoms with Crippen molar-refractivity contribution in [2.24, 2.45) is 0 Å². The molecule has 1 N–H and O–H groups in total. The lowest BCUT2D eigenvalue weighted by Crippen LogP contribution is -2.40. The molecule has 5 nitrogen and oxygen atoms in total. The van der Waals surface area contributed by atoms with Crippen LogP contribution in [0.15, 0.2) is 17.2 Å². The third kappa shape index (κ3) is 2.66. The first-order chi connectivity index (χ1) is 10.6. The summed E-state index contributed by atoms with van der Waals surface area (Å²) in [7, 11) is -1.76. The number of fused-ring (bicyclic) bond motifs is 3. The average Bonchev–Trinajstić information content (AvgIpc) is 2.96. The maximum atomic E-state index is 12.0. The van der Waals surface area contributed by atoms with Crippen LogP contribution in [-0.2, 0) is 11.0 Å². The fourth-order valence-corrected chi connectivity index (χ4v) is 4.50. The topological polar surface area (TPSA) is 59.4 Å². The number of thiazole rings is 1. The monoisotopic (exact) mass is 349 g/mol. The molecule has 0 unspecified atom stereocenters. The number of nitrogens with one attached hydrogen (secondary N) is 1. The quantitative estimate of drug-likeness (QED) is 0.725. The number of rotatable bonds is 3. The van der Waals surface area contributed by atoms with Crippen LogP contribution in [0.4, 0.5) is 0 Å². The van der Waals surface area contributed by atoms with Gasteiger partial charge in [-0.1, -0.05) is 20.8 Å². The second kappa shape index (κ2) is 5.29. The van der Waals surface area contributed by atoms with Crippen molar-refractivity contribution in [1.82, 2.24) is 14.6 Å². The zero-order valence-electron chi connectivity index (χ0n) is 14.5. The van der Waals surface area contributed by atoms with E-state index in [0.29, 0.717) is 6.61 Å². The molecule has 0 amide bonds. The molecular formula is C16H23N3O2SSi. The van der Waals surface area contributed by atoms with Crippen LogP contribution in [0.25, 0.3) is 15.7 Å². The molecule has 0 aliphatic rings. The summed E-state index contributed by atoms with van der Waals surface area (Å²) in [4.78, 5) is 14.2. The molecule has 0 saturated carbocycles. The highest BCUT2D eigenvalue weighted by Crippen LogP contribution is 2.38. The Morgan fingerprint density at radius 3 is 2.74 bits per heavy atom. The van der Waals surface area contributed by atoms with Crippen molar-refractivity contribution < 1.29 is 4.43 Å². The van der Waals surface area contributed by atoms with Gasteiger partial charge in [0.05, 0.1) is 23.7 Å². The van der Waals surface area contributed by atoms with Crippen LogP contribution in [0.5, 0.6) is 0 Å². The van der Waals surface area contributed by atoms with E-state index >= 15 is 0 Å². The molecule has 0 spiro atoms. The summed E-state index contributed by atoms with van der Waals surface area (Å²) in [6.45, 7) is 13.9. The minimum absolute atomic E-state index is 0.130. The Bertz CT molecular complexity index is 930. The van der Waals surface area contributed by atoms with Gasteiger partial charge in [-0.25, -0.2) is 5.10 Å². The van der Waals surface area contributed by atoms with E-state index in [1.165, 1.54) is 4.88 Å². The Labute approximate surface area is 140 Å². The zero-order chi connectivity index (χ0) is 17.0. The Hall–Kier alpha value is -1.44. The van der Waals surface area contributed by atoms with E-state index < -0.39 is 8.32 Å². The Morgan fingerprint density at radius 2 is 2.09 bits per heavy atom. The first-order valence-electron chi connectivity index (χ1n) is 7.72. The summed E-state index contributed by atoms with van der Waals surface area (Å²) in [6.07, 6.45) is 3.78. The van der Waals surface area contributed by atoms with Crippen molar-refractivity contribution in [1.29, 1.82) is 0 Å². The van der Waals surface area contributed by atoms with E-state index in [1.54, 1.807) is 17.5 Å². The third-order valence-electron chi connectivity index (χ3n) is 4.89. The molecule has 0 radical (unpaired) electrons. The molecule has 0 bridgehead atoms. The van der Waals surface area contributed by atoms with Crippen LogP contribution in [-0.4, -0.2) is 22.9 Å². The van der Waals surface area contributed by atoms with Crippen molar-refractivity contribution in [2.75, 3.05) is 0 Å². The molecule has 3 aromatic heterocycles. The third-order valence-corrected chi connectivity index (χ3v) is 10.6. The van der Waals surface area contributed by atoms with Gasteiger partial charge >= 0.3 is 0 Å². The first kappa shape index (κ1) is 16.4. The van der Waals surface area contributed by atoms with Crippen molar-refractivity contribution in [3.63, 3.8) is 0 Å². The van der Waals surface area contributed by atoms with Crippen LogP contribution in [0.3, 0.4) is 0 Å². The van der Waals surface area contributed by atoms with E-state index in [1.807, 2.05) is 6.92 Å². The number of hydrogen-bond donors (Lipinski definition) is 1. The normalized spacial score (nSPS) is 13.3. The molecule has 0 aliphatic heterocycles.